The lowest BCUT2D eigenvalue weighted by Crippen LogP contribution is -2.57. The Morgan fingerprint density at radius 2 is 2.20 bits per heavy atom. The lowest BCUT2D eigenvalue weighted by molar-refractivity contribution is 0.278. The summed E-state index contributed by atoms with van der Waals surface area (Å²) in [6, 6.07) is 0. The van der Waals surface area contributed by atoms with Crippen LogP contribution in [0.1, 0.15) is 39.0 Å². The molecule has 15 heavy (non-hydrogen) atoms. The molecule has 4 nitrogen and oxygen atoms in total. The summed E-state index contributed by atoms with van der Waals surface area (Å²) >= 11 is 0. The van der Waals surface area contributed by atoms with Gasteiger partial charge in [-0.15, -0.1) is 0 Å². The van der Waals surface area contributed by atoms with Gasteiger partial charge in [0.25, 0.3) is 0 Å². The zero-order valence-electron chi connectivity index (χ0n) is 9.25. The molecule has 1 saturated heterocycles. The van der Waals surface area contributed by atoms with Gasteiger partial charge in [0.05, 0.1) is 5.25 Å². The minimum absolute atomic E-state index is 0.108. The van der Waals surface area contributed by atoms with E-state index in [2.05, 4.69) is 17.0 Å². The zero-order valence-corrected chi connectivity index (χ0v) is 10.1. The van der Waals surface area contributed by atoms with Gasteiger partial charge >= 0.3 is 0 Å². The number of hydrogen-bond acceptors (Lipinski definition) is 3. The number of rotatable bonds is 4. The molecule has 88 valence electrons. The predicted molar refractivity (Wildman–Crippen MR) is 60.2 cm³/mol. The van der Waals surface area contributed by atoms with Crippen LogP contribution in [0, 0.1) is 0 Å². The molecule has 1 heterocycles. The Morgan fingerprint density at radius 3 is 2.67 bits per heavy atom. The summed E-state index contributed by atoms with van der Waals surface area (Å²) in [4.78, 5) is 0. The maximum atomic E-state index is 11.9. The van der Waals surface area contributed by atoms with Crippen molar-refractivity contribution in [1.29, 1.82) is 0 Å². The third kappa shape index (κ3) is 2.52. The first kappa shape index (κ1) is 11.4. The number of hydrogen-bond donors (Lipinski definition) is 2. The summed E-state index contributed by atoms with van der Waals surface area (Å²) in [6.45, 7) is 3.84. The van der Waals surface area contributed by atoms with Crippen LogP contribution < -0.4 is 10.0 Å². The second-order valence-corrected chi connectivity index (χ2v) is 6.72. The molecule has 0 bridgehead atoms. The highest BCUT2D eigenvalue weighted by Gasteiger charge is 2.41. The molecule has 5 heteroatoms. The van der Waals surface area contributed by atoms with Gasteiger partial charge in [-0.2, -0.15) is 0 Å². The summed E-state index contributed by atoms with van der Waals surface area (Å²) in [5, 5.41) is 3.17. The lowest BCUT2D eigenvalue weighted by atomic mass is 9.89. The molecule has 1 atom stereocenters. The molecule has 2 rings (SSSR count). The average Bonchev–Trinajstić information content (AvgIpc) is 3.02. The molecule has 0 spiro atoms. The Hall–Kier alpha value is -0.130. The molecule has 1 unspecified atom stereocenters. The number of nitrogens with one attached hydrogen (secondary N) is 2. The molecule has 1 aliphatic heterocycles. The second-order valence-electron chi connectivity index (χ2n) is 4.76. The highest BCUT2D eigenvalue weighted by Crippen LogP contribution is 2.30. The molecule has 0 aromatic heterocycles. The molecular weight excluding hydrogens is 212 g/mol. The normalized spacial score (nSPS) is 32.9. The number of sulfonamides is 1. The smallest absolute Gasteiger partial charge is 0.215 e. The van der Waals surface area contributed by atoms with Crippen molar-refractivity contribution in [3.8, 4) is 0 Å². The van der Waals surface area contributed by atoms with E-state index in [9.17, 15) is 8.42 Å². The van der Waals surface area contributed by atoms with Gasteiger partial charge in [-0.05, 0) is 38.6 Å². The monoisotopic (exact) mass is 232 g/mol. The van der Waals surface area contributed by atoms with Gasteiger partial charge in [-0.25, -0.2) is 13.1 Å². The molecule has 2 N–H and O–H groups in total. The van der Waals surface area contributed by atoms with E-state index in [1.165, 1.54) is 0 Å². The lowest BCUT2D eigenvalue weighted by Gasteiger charge is -2.37. The fourth-order valence-corrected chi connectivity index (χ4v) is 4.04. The van der Waals surface area contributed by atoms with E-state index in [0.29, 0.717) is 0 Å². The van der Waals surface area contributed by atoms with Crippen LogP contribution >= 0.6 is 0 Å². The summed E-state index contributed by atoms with van der Waals surface area (Å²) in [5.41, 5.74) is -0.223. The van der Waals surface area contributed by atoms with E-state index in [-0.39, 0.29) is 10.8 Å². The quantitative estimate of drug-likeness (QED) is 0.746. The minimum Gasteiger partial charge on any atom is -0.315 e. The standard InChI is InChI=1S/C10H20N2O2S/c1-2-10(6-3-7-11-8-10)12-15(13,14)9-4-5-9/h9,11-12H,2-8H2,1H3. The molecule has 0 radical (unpaired) electrons. The number of piperidine rings is 1. The molecule has 1 saturated carbocycles. The maximum Gasteiger partial charge on any atom is 0.215 e. The molecule has 0 aromatic carbocycles. The fourth-order valence-electron chi connectivity index (χ4n) is 2.19. The van der Waals surface area contributed by atoms with Crippen LogP contribution in [-0.4, -0.2) is 32.3 Å². The highest BCUT2D eigenvalue weighted by atomic mass is 32.2. The summed E-state index contributed by atoms with van der Waals surface area (Å²) in [5.74, 6) is 0. The summed E-state index contributed by atoms with van der Waals surface area (Å²) in [6.07, 6.45) is 4.56. The van der Waals surface area contributed by atoms with E-state index in [0.717, 1.165) is 45.2 Å². The molecule has 2 fully saturated rings. The van der Waals surface area contributed by atoms with Crippen molar-refractivity contribution < 1.29 is 8.42 Å². The van der Waals surface area contributed by atoms with Crippen molar-refractivity contribution in [3.63, 3.8) is 0 Å². The largest absolute Gasteiger partial charge is 0.315 e. The third-order valence-electron chi connectivity index (χ3n) is 3.47. The second kappa shape index (κ2) is 4.03. The van der Waals surface area contributed by atoms with Gasteiger partial charge in [0.15, 0.2) is 0 Å². The van der Waals surface area contributed by atoms with E-state index in [1.807, 2.05) is 0 Å². The zero-order chi connectivity index (χ0) is 10.9. The predicted octanol–water partition coefficient (Wildman–Crippen LogP) is 0.600. The Morgan fingerprint density at radius 1 is 1.47 bits per heavy atom. The molecule has 0 aromatic rings. The Bertz CT molecular complexity index is 316. The van der Waals surface area contributed by atoms with Gasteiger partial charge < -0.3 is 5.32 Å². The Balaban J connectivity index is 2.06. The minimum atomic E-state index is -3.05. The van der Waals surface area contributed by atoms with Crippen LogP contribution in [0.4, 0.5) is 0 Å². The van der Waals surface area contributed by atoms with Gasteiger partial charge in [0, 0.05) is 12.1 Å². The highest BCUT2D eigenvalue weighted by molar-refractivity contribution is 7.90. The first-order valence-corrected chi connectivity index (χ1v) is 7.36. The SMILES string of the molecule is CCC1(NS(=O)(=O)C2CC2)CCCNC1. The van der Waals surface area contributed by atoms with E-state index in [4.69, 9.17) is 0 Å². The van der Waals surface area contributed by atoms with Crippen molar-refractivity contribution >= 4 is 10.0 Å². The van der Waals surface area contributed by atoms with E-state index in [1.54, 1.807) is 0 Å². The van der Waals surface area contributed by atoms with E-state index >= 15 is 0 Å². The average molecular weight is 232 g/mol. The molecular formula is C10H20N2O2S. The molecule has 1 aliphatic carbocycles. The van der Waals surface area contributed by atoms with Gasteiger partial charge in [-0.3, -0.25) is 0 Å². The molecule has 2 aliphatic rings. The fraction of sp³-hybridized carbons (Fsp3) is 1.00. The van der Waals surface area contributed by atoms with Crippen LogP contribution in [0.3, 0.4) is 0 Å². The summed E-state index contributed by atoms with van der Waals surface area (Å²) < 4.78 is 26.7. The Labute approximate surface area is 91.9 Å². The first-order valence-electron chi connectivity index (χ1n) is 5.81. The van der Waals surface area contributed by atoms with Crippen LogP contribution in [0.5, 0.6) is 0 Å². The van der Waals surface area contributed by atoms with Crippen molar-refractivity contribution in [2.75, 3.05) is 13.1 Å². The maximum absolute atomic E-state index is 11.9. The first-order chi connectivity index (χ1) is 7.08. The van der Waals surface area contributed by atoms with Gasteiger partial charge in [0.2, 0.25) is 10.0 Å². The van der Waals surface area contributed by atoms with Crippen molar-refractivity contribution in [1.82, 2.24) is 10.0 Å². The third-order valence-corrected chi connectivity index (χ3v) is 5.54. The van der Waals surface area contributed by atoms with Gasteiger partial charge in [-0.1, -0.05) is 6.92 Å². The van der Waals surface area contributed by atoms with E-state index < -0.39 is 10.0 Å². The van der Waals surface area contributed by atoms with Crippen LogP contribution in [0.25, 0.3) is 0 Å². The van der Waals surface area contributed by atoms with Crippen molar-refractivity contribution in [3.05, 3.63) is 0 Å². The van der Waals surface area contributed by atoms with Gasteiger partial charge in [0.1, 0.15) is 0 Å². The van der Waals surface area contributed by atoms with Crippen molar-refractivity contribution in [2.24, 2.45) is 0 Å². The topological polar surface area (TPSA) is 58.2 Å². The van der Waals surface area contributed by atoms with Crippen LogP contribution in [0.15, 0.2) is 0 Å². The summed E-state index contributed by atoms with van der Waals surface area (Å²) in [7, 11) is -3.05. The van der Waals surface area contributed by atoms with Crippen LogP contribution in [0.2, 0.25) is 0 Å². The molecule has 0 amide bonds. The van der Waals surface area contributed by atoms with Crippen LogP contribution in [-0.2, 0) is 10.0 Å². The van der Waals surface area contributed by atoms with Crippen molar-refractivity contribution in [2.45, 2.75) is 49.8 Å². The Kier molecular flexibility index (Phi) is 3.05.